The topological polar surface area (TPSA) is 83.3 Å². The summed E-state index contributed by atoms with van der Waals surface area (Å²) in [5.74, 6) is 0.650. The Balaban J connectivity index is 1.39. The molecule has 1 saturated heterocycles. The highest BCUT2D eigenvalue weighted by Gasteiger charge is 2.43. The van der Waals surface area contributed by atoms with Crippen molar-refractivity contribution >= 4 is 28.8 Å². The van der Waals surface area contributed by atoms with Crippen molar-refractivity contribution in [1.82, 2.24) is 10.3 Å². The molecule has 0 saturated carbocycles. The molecule has 0 bridgehead atoms. The number of fused-ring (bicyclic) bond motifs is 2. The van der Waals surface area contributed by atoms with E-state index in [0.717, 1.165) is 38.3 Å². The zero-order chi connectivity index (χ0) is 20.6. The summed E-state index contributed by atoms with van der Waals surface area (Å²) in [7, 11) is 0. The van der Waals surface area contributed by atoms with Gasteiger partial charge < -0.3 is 21.3 Å². The fraction of sp³-hybridized carbons (Fsp3) is 0.250. The van der Waals surface area contributed by atoms with Crippen molar-refractivity contribution in [3.05, 3.63) is 78.0 Å². The van der Waals surface area contributed by atoms with Crippen molar-refractivity contribution in [2.45, 2.75) is 18.3 Å². The first kappa shape index (κ1) is 18.6. The zero-order valence-electron chi connectivity index (χ0n) is 16.8. The van der Waals surface area contributed by atoms with Gasteiger partial charge in [-0.2, -0.15) is 0 Å². The predicted octanol–water partition coefficient (Wildman–Crippen LogP) is 3.69. The van der Waals surface area contributed by atoms with Gasteiger partial charge in [0, 0.05) is 23.8 Å². The van der Waals surface area contributed by atoms with Crippen LogP contribution in [0.4, 0.5) is 22.9 Å². The lowest BCUT2D eigenvalue weighted by Crippen LogP contribution is -2.42. The van der Waals surface area contributed by atoms with Crippen LogP contribution in [0.15, 0.2) is 66.9 Å². The van der Waals surface area contributed by atoms with Crippen molar-refractivity contribution in [2.75, 3.05) is 35.6 Å². The number of hydrogen-bond acceptors (Lipinski definition) is 5. The highest BCUT2D eigenvalue weighted by atomic mass is 16.1. The molecule has 0 unspecified atom stereocenters. The first-order valence-corrected chi connectivity index (χ1v) is 10.4. The van der Waals surface area contributed by atoms with E-state index in [9.17, 15) is 4.79 Å². The third kappa shape index (κ3) is 3.19. The molecule has 1 amide bonds. The van der Waals surface area contributed by atoms with Crippen molar-refractivity contribution in [1.29, 1.82) is 0 Å². The minimum atomic E-state index is -0.219. The van der Waals surface area contributed by atoms with Gasteiger partial charge in [-0.15, -0.1) is 0 Å². The monoisotopic (exact) mass is 399 g/mol. The maximum atomic E-state index is 12.6. The van der Waals surface area contributed by atoms with Crippen molar-refractivity contribution in [2.24, 2.45) is 0 Å². The summed E-state index contributed by atoms with van der Waals surface area (Å²) in [6.07, 6.45) is 3.89. The van der Waals surface area contributed by atoms with E-state index in [1.165, 1.54) is 11.3 Å². The Morgan fingerprint density at radius 3 is 2.57 bits per heavy atom. The van der Waals surface area contributed by atoms with Crippen molar-refractivity contribution in [3.8, 4) is 0 Å². The van der Waals surface area contributed by atoms with Gasteiger partial charge in [0.15, 0.2) is 0 Å². The standard InChI is InChI=1S/C24H25N5O/c25-19-6-2-3-7-20(19)28-23(30)17-9-10-22(27-15-17)29-16-24(11-13-26-14-12-24)18-5-1-4-8-21(18)29/h1-10,15,26H,11-14,16,25H2,(H,28,30). The smallest absolute Gasteiger partial charge is 0.257 e. The molecule has 30 heavy (non-hydrogen) atoms. The number of hydrogen-bond donors (Lipinski definition) is 3. The number of amides is 1. The van der Waals surface area contributed by atoms with E-state index in [-0.39, 0.29) is 11.3 Å². The van der Waals surface area contributed by atoms with Crippen LogP contribution in [0, 0.1) is 0 Å². The first-order valence-electron chi connectivity index (χ1n) is 10.4. The molecule has 4 N–H and O–H groups in total. The van der Waals surface area contributed by atoms with Gasteiger partial charge in [-0.05, 0) is 61.8 Å². The summed E-state index contributed by atoms with van der Waals surface area (Å²) in [4.78, 5) is 19.5. The fourth-order valence-corrected chi connectivity index (χ4v) is 4.65. The van der Waals surface area contributed by atoms with Gasteiger partial charge in [0.1, 0.15) is 5.82 Å². The summed E-state index contributed by atoms with van der Waals surface area (Å²) in [5.41, 5.74) is 10.4. The SMILES string of the molecule is Nc1ccccc1NC(=O)c1ccc(N2CC3(CCNCC3)c3ccccc32)nc1. The molecule has 2 aliphatic heterocycles. The molecule has 0 atom stereocenters. The molecule has 6 heteroatoms. The molecular weight excluding hydrogens is 374 g/mol. The molecule has 1 spiro atoms. The number of aromatic nitrogens is 1. The summed E-state index contributed by atoms with van der Waals surface area (Å²) in [5, 5.41) is 6.33. The Kier molecular flexibility index (Phi) is 4.64. The van der Waals surface area contributed by atoms with E-state index in [2.05, 4.69) is 44.8 Å². The van der Waals surface area contributed by atoms with Gasteiger partial charge in [-0.3, -0.25) is 4.79 Å². The lowest BCUT2D eigenvalue weighted by molar-refractivity contribution is 0.102. The number of nitrogens with zero attached hydrogens (tertiary/aromatic N) is 2. The summed E-state index contributed by atoms with van der Waals surface area (Å²) < 4.78 is 0. The average molecular weight is 399 g/mol. The second-order valence-corrected chi connectivity index (χ2v) is 8.08. The highest BCUT2D eigenvalue weighted by Crippen LogP contribution is 2.48. The quantitative estimate of drug-likeness (QED) is 0.585. The molecule has 1 fully saturated rings. The maximum Gasteiger partial charge on any atom is 0.257 e. The molecule has 3 heterocycles. The number of nitrogens with two attached hydrogens (primary N) is 1. The molecule has 152 valence electrons. The number of rotatable bonds is 3. The van der Waals surface area contributed by atoms with Gasteiger partial charge in [-0.1, -0.05) is 30.3 Å². The van der Waals surface area contributed by atoms with Crippen LogP contribution in [-0.4, -0.2) is 30.5 Å². The number of nitrogens with one attached hydrogen (secondary N) is 2. The molecule has 5 rings (SSSR count). The maximum absolute atomic E-state index is 12.6. The van der Waals surface area contributed by atoms with Crippen LogP contribution in [0.25, 0.3) is 0 Å². The van der Waals surface area contributed by atoms with Gasteiger partial charge in [0.25, 0.3) is 5.91 Å². The lowest BCUT2D eigenvalue weighted by Gasteiger charge is -2.34. The van der Waals surface area contributed by atoms with Crippen LogP contribution in [0.3, 0.4) is 0 Å². The Morgan fingerprint density at radius 1 is 1.03 bits per heavy atom. The van der Waals surface area contributed by atoms with E-state index in [0.29, 0.717) is 16.9 Å². The lowest BCUT2D eigenvalue weighted by atomic mass is 9.75. The molecule has 0 radical (unpaired) electrons. The van der Waals surface area contributed by atoms with Crippen LogP contribution in [-0.2, 0) is 5.41 Å². The van der Waals surface area contributed by atoms with E-state index < -0.39 is 0 Å². The minimum absolute atomic E-state index is 0.171. The van der Waals surface area contributed by atoms with Crippen molar-refractivity contribution < 1.29 is 4.79 Å². The van der Waals surface area contributed by atoms with Gasteiger partial charge in [0.2, 0.25) is 0 Å². The molecule has 1 aromatic heterocycles. The zero-order valence-corrected chi connectivity index (χ0v) is 16.8. The molecule has 0 aliphatic carbocycles. The van der Waals surface area contributed by atoms with E-state index in [1.807, 2.05) is 24.3 Å². The molecule has 2 aromatic carbocycles. The third-order valence-corrected chi connectivity index (χ3v) is 6.28. The molecule has 6 nitrogen and oxygen atoms in total. The van der Waals surface area contributed by atoms with Gasteiger partial charge in [0.05, 0.1) is 16.9 Å². The Hall–Kier alpha value is -3.38. The Morgan fingerprint density at radius 2 is 1.80 bits per heavy atom. The number of pyridine rings is 1. The predicted molar refractivity (Wildman–Crippen MR) is 120 cm³/mol. The summed E-state index contributed by atoms with van der Waals surface area (Å²) in [6, 6.07) is 19.6. The van der Waals surface area contributed by atoms with Crippen LogP contribution >= 0.6 is 0 Å². The fourth-order valence-electron chi connectivity index (χ4n) is 4.65. The van der Waals surface area contributed by atoms with Gasteiger partial charge >= 0.3 is 0 Å². The Labute approximate surface area is 176 Å². The summed E-state index contributed by atoms with van der Waals surface area (Å²) >= 11 is 0. The number of anilines is 4. The average Bonchev–Trinajstić information content (AvgIpc) is 3.10. The van der Waals surface area contributed by atoms with Crippen LogP contribution in [0.2, 0.25) is 0 Å². The van der Waals surface area contributed by atoms with Crippen LogP contribution < -0.4 is 21.3 Å². The molecule has 3 aromatic rings. The second-order valence-electron chi connectivity index (χ2n) is 8.08. The molecular formula is C24H25N5O. The second kappa shape index (κ2) is 7.46. The number of carbonyl (C=O) groups is 1. The van der Waals surface area contributed by atoms with E-state index in [4.69, 9.17) is 5.73 Å². The number of benzene rings is 2. The van der Waals surface area contributed by atoms with Gasteiger partial charge in [-0.25, -0.2) is 4.98 Å². The number of nitrogen functional groups attached to an aromatic ring is 1. The van der Waals surface area contributed by atoms with Crippen molar-refractivity contribution in [3.63, 3.8) is 0 Å². The van der Waals surface area contributed by atoms with E-state index in [1.54, 1.807) is 18.3 Å². The van der Waals surface area contributed by atoms with Crippen LogP contribution in [0.1, 0.15) is 28.8 Å². The largest absolute Gasteiger partial charge is 0.397 e. The van der Waals surface area contributed by atoms with Crippen LogP contribution in [0.5, 0.6) is 0 Å². The van der Waals surface area contributed by atoms with E-state index >= 15 is 0 Å². The number of piperidine rings is 1. The highest BCUT2D eigenvalue weighted by molar-refractivity contribution is 6.05. The number of para-hydroxylation sites is 3. The minimum Gasteiger partial charge on any atom is -0.397 e. The number of carbonyl (C=O) groups excluding carboxylic acids is 1. The third-order valence-electron chi connectivity index (χ3n) is 6.28. The summed E-state index contributed by atoms with van der Waals surface area (Å²) in [6.45, 7) is 3.00. The molecule has 2 aliphatic rings. The normalized spacial score (nSPS) is 17.0. The Bertz CT molecular complexity index is 1070. The first-order chi connectivity index (χ1) is 14.7.